The summed E-state index contributed by atoms with van der Waals surface area (Å²) in [5.74, 6) is 3.62. The minimum Gasteiger partial charge on any atom is -0.457 e. The zero-order chi connectivity index (χ0) is 41.0. The molecular weight excluding hydrogens is 761 g/mol. The van der Waals surface area contributed by atoms with E-state index in [9.17, 15) is 0 Å². The Morgan fingerprint density at radius 1 is 0.403 bits per heavy atom. The fourth-order valence-electron chi connectivity index (χ4n) is 9.34. The minimum absolute atomic E-state index is 0.622. The van der Waals surface area contributed by atoms with Crippen molar-refractivity contribution in [2.24, 2.45) is 0 Å². The van der Waals surface area contributed by atoms with Crippen molar-refractivity contribution in [1.82, 2.24) is 29.9 Å². The molecule has 5 heterocycles. The van der Waals surface area contributed by atoms with Crippen LogP contribution in [0.1, 0.15) is 40.9 Å². The average molecular weight is 797 g/mol. The molecule has 7 nitrogen and oxygen atoms in total. The normalized spacial score (nSPS) is 14.0. The molecule has 9 aromatic rings. The molecule has 0 atom stereocenters. The Balaban J connectivity index is 1.11. The predicted molar refractivity (Wildman–Crippen MR) is 244 cm³/mol. The SMILES string of the molecule is C1=CC(c2nc(-c3ccccc3)nc(-c3ccc4c(c3)-c3cc(-c5cc(-c6ccccn6)nc(-c6ccccn6)c5)ccc3C43c4ccccc4Oc4ccccc43)n2)=CCC1. The predicted octanol–water partition coefficient (Wildman–Crippen LogP) is 12.6. The lowest BCUT2D eigenvalue weighted by Gasteiger charge is -2.39. The van der Waals surface area contributed by atoms with E-state index in [1.807, 2.05) is 66.7 Å². The molecule has 1 spiro atoms. The van der Waals surface area contributed by atoms with Gasteiger partial charge in [-0.25, -0.2) is 19.9 Å². The smallest absolute Gasteiger partial charge is 0.164 e. The second kappa shape index (κ2) is 14.5. The van der Waals surface area contributed by atoms with Crippen LogP contribution in [0.4, 0.5) is 0 Å². The Morgan fingerprint density at radius 2 is 0.968 bits per heavy atom. The van der Waals surface area contributed by atoms with Crippen LogP contribution in [0.25, 0.3) is 73.4 Å². The third-order valence-electron chi connectivity index (χ3n) is 12.1. The van der Waals surface area contributed by atoms with Crippen molar-refractivity contribution < 1.29 is 4.74 Å². The lowest BCUT2D eigenvalue weighted by atomic mass is 9.66. The van der Waals surface area contributed by atoms with Crippen LogP contribution in [-0.2, 0) is 5.41 Å². The second-order valence-electron chi connectivity index (χ2n) is 15.7. The monoisotopic (exact) mass is 796 g/mol. The number of ether oxygens (including phenoxy) is 1. The van der Waals surface area contributed by atoms with Crippen molar-refractivity contribution in [3.63, 3.8) is 0 Å². The molecule has 0 N–H and O–H groups in total. The van der Waals surface area contributed by atoms with Crippen molar-refractivity contribution in [2.75, 3.05) is 0 Å². The van der Waals surface area contributed by atoms with Crippen LogP contribution in [0, 0.1) is 0 Å². The molecule has 0 bridgehead atoms. The quantitative estimate of drug-likeness (QED) is 0.166. The van der Waals surface area contributed by atoms with Gasteiger partial charge in [0.25, 0.3) is 0 Å². The highest BCUT2D eigenvalue weighted by atomic mass is 16.5. The Kier molecular flexibility index (Phi) is 8.38. The van der Waals surface area contributed by atoms with E-state index in [2.05, 4.69) is 125 Å². The van der Waals surface area contributed by atoms with Gasteiger partial charge >= 0.3 is 0 Å². The Labute approximate surface area is 358 Å². The highest BCUT2D eigenvalue weighted by molar-refractivity contribution is 5.93. The molecule has 4 aromatic heterocycles. The van der Waals surface area contributed by atoms with Crippen molar-refractivity contribution in [3.05, 3.63) is 222 Å². The van der Waals surface area contributed by atoms with E-state index >= 15 is 0 Å². The molecule has 292 valence electrons. The maximum Gasteiger partial charge on any atom is 0.164 e. The van der Waals surface area contributed by atoms with Crippen molar-refractivity contribution in [2.45, 2.75) is 18.3 Å². The summed E-state index contributed by atoms with van der Waals surface area (Å²) >= 11 is 0. The number of pyridine rings is 3. The molecule has 12 rings (SSSR count). The van der Waals surface area contributed by atoms with E-state index in [4.69, 9.17) is 24.7 Å². The molecule has 2 aliphatic carbocycles. The van der Waals surface area contributed by atoms with Crippen LogP contribution in [0.2, 0.25) is 0 Å². The summed E-state index contributed by atoms with van der Waals surface area (Å²) in [6.07, 6.45) is 12.1. The zero-order valence-corrected chi connectivity index (χ0v) is 33.5. The maximum absolute atomic E-state index is 6.66. The summed E-state index contributed by atoms with van der Waals surface area (Å²) in [7, 11) is 0. The average Bonchev–Trinajstić information content (AvgIpc) is 3.64. The number of benzene rings is 5. The van der Waals surface area contributed by atoms with Gasteiger partial charge in [0.15, 0.2) is 17.5 Å². The molecule has 62 heavy (non-hydrogen) atoms. The van der Waals surface area contributed by atoms with E-state index in [0.717, 1.165) is 97.2 Å². The molecule has 0 saturated carbocycles. The fraction of sp³-hybridized carbons (Fsp3) is 0.0545. The van der Waals surface area contributed by atoms with Gasteiger partial charge in [-0.05, 0) is 107 Å². The molecule has 0 amide bonds. The van der Waals surface area contributed by atoms with Crippen molar-refractivity contribution in [3.8, 4) is 79.3 Å². The minimum atomic E-state index is -0.652. The first-order valence-electron chi connectivity index (χ1n) is 20.9. The Bertz CT molecular complexity index is 3170. The molecular formula is C55H36N6O. The van der Waals surface area contributed by atoms with Crippen molar-refractivity contribution in [1.29, 1.82) is 0 Å². The highest BCUT2D eigenvalue weighted by Gasteiger charge is 2.51. The summed E-state index contributed by atoms with van der Waals surface area (Å²) in [6, 6.07) is 56.7. The van der Waals surface area contributed by atoms with E-state index < -0.39 is 5.41 Å². The lowest BCUT2D eigenvalue weighted by molar-refractivity contribution is 0.436. The molecule has 5 aromatic carbocycles. The number of hydrogen-bond acceptors (Lipinski definition) is 7. The van der Waals surface area contributed by atoms with E-state index in [1.54, 1.807) is 12.4 Å². The van der Waals surface area contributed by atoms with E-state index in [-0.39, 0.29) is 0 Å². The molecule has 3 aliphatic rings. The van der Waals surface area contributed by atoms with Gasteiger partial charge in [-0.15, -0.1) is 0 Å². The second-order valence-corrected chi connectivity index (χ2v) is 15.7. The lowest BCUT2D eigenvalue weighted by Crippen LogP contribution is -2.32. The Morgan fingerprint density at radius 3 is 1.58 bits per heavy atom. The first kappa shape index (κ1) is 35.8. The number of aromatic nitrogens is 6. The number of hydrogen-bond donors (Lipinski definition) is 0. The molecule has 7 heteroatoms. The van der Waals surface area contributed by atoms with Gasteiger partial charge in [0.2, 0.25) is 0 Å². The summed E-state index contributed by atoms with van der Waals surface area (Å²) in [6.45, 7) is 0. The molecule has 0 saturated heterocycles. The van der Waals surface area contributed by atoms with Crippen LogP contribution in [0.3, 0.4) is 0 Å². The largest absolute Gasteiger partial charge is 0.457 e. The maximum atomic E-state index is 6.66. The summed E-state index contributed by atoms with van der Waals surface area (Å²) < 4.78 is 6.66. The van der Waals surface area contributed by atoms with Gasteiger partial charge in [0.05, 0.1) is 28.2 Å². The van der Waals surface area contributed by atoms with Gasteiger partial charge in [-0.3, -0.25) is 9.97 Å². The van der Waals surface area contributed by atoms with Gasteiger partial charge in [0, 0.05) is 40.2 Å². The van der Waals surface area contributed by atoms with Crippen LogP contribution in [-0.4, -0.2) is 29.9 Å². The van der Waals surface area contributed by atoms with Gasteiger partial charge in [-0.2, -0.15) is 0 Å². The summed E-state index contributed by atoms with van der Waals surface area (Å²) in [5, 5.41) is 0. The standard InChI is InChI=1S/C55H36N6O/c1-3-15-35(16-4-1)52-59-53(36-17-5-2-6-18-36)61-54(60-52)38-26-28-43-41(32-38)40-31-37(39-33-48(46-21-11-13-29-56-46)58-49(34-39)47-22-12-14-30-57-47)25-27-42(40)55(43)44-19-7-9-23-50(44)62-51-24-10-8-20-45(51)55/h1,3-5,7-34H,2,6H2. The third kappa shape index (κ3) is 5.81. The van der Waals surface area contributed by atoms with Crippen LogP contribution < -0.4 is 4.74 Å². The number of fused-ring (bicyclic) bond motifs is 9. The number of allylic oxidation sites excluding steroid dienone is 4. The van der Waals surface area contributed by atoms with Gasteiger partial charge < -0.3 is 4.74 Å². The first-order chi connectivity index (χ1) is 30.7. The zero-order valence-electron chi connectivity index (χ0n) is 33.5. The number of nitrogens with zero attached hydrogens (tertiary/aromatic N) is 6. The number of rotatable bonds is 6. The molecule has 0 fully saturated rings. The van der Waals surface area contributed by atoms with E-state index in [0.29, 0.717) is 17.5 Å². The van der Waals surface area contributed by atoms with Crippen LogP contribution in [0.5, 0.6) is 11.5 Å². The number of para-hydroxylation sites is 2. The molecule has 0 radical (unpaired) electrons. The summed E-state index contributed by atoms with van der Waals surface area (Å²) in [5.41, 5.74) is 14.2. The first-order valence-corrected chi connectivity index (χ1v) is 20.9. The van der Waals surface area contributed by atoms with Crippen LogP contribution >= 0.6 is 0 Å². The topological polar surface area (TPSA) is 86.6 Å². The Hall–Kier alpha value is -8.16. The van der Waals surface area contributed by atoms with Gasteiger partial charge in [0.1, 0.15) is 11.5 Å². The van der Waals surface area contributed by atoms with E-state index in [1.165, 1.54) is 11.1 Å². The highest BCUT2D eigenvalue weighted by Crippen LogP contribution is 2.62. The fourth-order valence-corrected chi connectivity index (χ4v) is 9.34. The summed E-state index contributed by atoms with van der Waals surface area (Å²) in [4.78, 5) is 29.8. The third-order valence-corrected chi connectivity index (χ3v) is 12.1. The molecule has 1 aliphatic heterocycles. The van der Waals surface area contributed by atoms with Crippen molar-refractivity contribution >= 4 is 5.57 Å². The van der Waals surface area contributed by atoms with Gasteiger partial charge in [-0.1, -0.05) is 121 Å². The van der Waals surface area contributed by atoms with Crippen LogP contribution in [0.15, 0.2) is 194 Å². The molecule has 0 unspecified atom stereocenters.